The molecule has 0 saturated heterocycles. The molecule has 17 heavy (non-hydrogen) atoms. The summed E-state index contributed by atoms with van der Waals surface area (Å²) in [6.45, 7) is 0. The average molecular weight is 229 g/mol. The van der Waals surface area contributed by atoms with Crippen molar-refractivity contribution in [2.45, 2.75) is 31.7 Å². The number of nitrogens with zero attached hydrogens (tertiary/aromatic N) is 4. The summed E-state index contributed by atoms with van der Waals surface area (Å²) in [5, 5.41) is 14.9. The van der Waals surface area contributed by atoms with E-state index in [2.05, 4.69) is 26.9 Å². The summed E-state index contributed by atoms with van der Waals surface area (Å²) in [6, 6.07) is 8.72. The molecule has 0 atom stereocenters. The normalized spacial score (nSPS) is 16.2. The maximum Gasteiger partial charge on any atom is 0.143 e. The topological polar surface area (TPSA) is 55.6 Å². The number of para-hydroxylation sites is 2. The zero-order chi connectivity index (χ0) is 11.5. The average Bonchev–Trinajstić information content (AvgIpc) is 3.01. The van der Waals surface area contributed by atoms with Crippen molar-refractivity contribution in [2.24, 2.45) is 0 Å². The molecular weight excluding hydrogens is 214 g/mol. The molecule has 0 amide bonds. The zero-order valence-corrected chi connectivity index (χ0v) is 9.58. The van der Waals surface area contributed by atoms with Crippen LogP contribution in [0.15, 0.2) is 30.6 Å². The second-order valence-electron chi connectivity index (χ2n) is 4.40. The van der Waals surface area contributed by atoms with E-state index in [1.807, 2.05) is 18.2 Å². The Morgan fingerprint density at radius 1 is 1.18 bits per heavy atom. The molecule has 3 rings (SSSR count). The van der Waals surface area contributed by atoms with Gasteiger partial charge in [0.1, 0.15) is 6.33 Å². The van der Waals surface area contributed by atoms with Crippen molar-refractivity contribution in [1.29, 1.82) is 0 Å². The summed E-state index contributed by atoms with van der Waals surface area (Å²) in [6.07, 6.45) is 6.78. The van der Waals surface area contributed by atoms with Gasteiger partial charge in [-0.2, -0.15) is 4.68 Å². The van der Waals surface area contributed by atoms with E-state index >= 15 is 0 Å². The molecule has 0 bridgehead atoms. The maximum atomic E-state index is 3.94. The number of tetrazole rings is 1. The molecule has 1 fully saturated rings. The van der Waals surface area contributed by atoms with Crippen LogP contribution in [0.25, 0.3) is 5.69 Å². The summed E-state index contributed by atoms with van der Waals surface area (Å²) < 4.78 is 1.69. The largest absolute Gasteiger partial charge is 0.381 e. The Bertz CT molecular complexity index is 473. The van der Waals surface area contributed by atoms with Gasteiger partial charge >= 0.3 is 0 Å². The fraction of sp³-hybridized carbons (Fsp3) is 0.417. The Balaban J connectivity index is 1.88. The summed E-state index contributed by atoms with van der Waals surface area (Å²) >= 11 is 0. The third-order valence-electron chi connectivity index (χ3n) is 3.21. The molecule has 0 unspecified atom stereocenters. The zero-order valence-electron chi connectivity index (χ0n) is 9.58. The first-order valence-electron chi connectivity index (χ1n) is 6.02. The van der Waals surface area contributed by atoms with Gasteiger partial charge < -0.3 is 5.32 Å². The number of rotatable bonds is 3. The third-order valence-corrected chi connectivity index (χ3v) is 3.21. The number of nitrogens with one attached hydrogen (secondary N) is 1. The lowest BCUT2D eigenvalue weighted by Gasteiger charge is -2.16. The molecule has 5 heteroatoms. The smallest absolute Gasteiger partial charge is 0.143 e. The molecule has 2 aromatic rings. The van der Waals surface area contributed by atoms with Crippen LogP contribution < -0.4 is 5.32 Å². The van der Waals surface area contributed by atoms with Gasteiger partial charge in [0.15, 0.2) is 0 Å². The maximum absolute atomic E-state index is 3.94. The molecule has 1 aliphatic carbocycles. The first kappa shape index (κ1) is 10.3. The lowest BCUT2D eigenvalue weighted by molar-refractivity contribution is 0.747. The highest BCUT2D eigenvalue weighted by Crippen LogP contribution is 2.25. The van der Waals surface area contributed by atoms with Crippen LogP contribution in [0.4, 0.5) is 5.69 Å². The second kappa shape index (κ2) is 4.53. The van der Waals surface area contributed by atoms with Crippen molar-refractivity contribution in [3.8, 4) is 5.69 Å². The number of hydrogen-bond acceptors (Lipinski definition) is 4. The Morgan fingerprint density at radius 2 is 2.00 bits per heavy atom. The van der Waals surface area contributed by atoms with Crippen molar-refractivity contribution in [2.75, 3.05) is 5.32 Å². The molecule has 1 aromatic carbocycles. The Morgan fingerprint density at radius 3 is 2.76 bits per heavy atom. The number of aromatic nitrogens is 4. The summed E-state index contributed by atoms with van der Waals surface area (Å²) in [7, 11) is 0. The Hall–Kier alpha value is -1.91. The van der Waals surface area contributed by atoms with Gasteiger partial charge in [0.25, 0.3) is 0 Å². The summed E-state index contributed by atoms with van der Waals surface area (Å²) in [4.78, 5) is 0. The van der Waals surface area contributed by atoms with Crippen LogP contribution in [0.3, 0.4) is 0 Å². The van der Waals surface area contributed by atoms with Crippen molar-refractivity contribution >= 4 is 5.69 Å². The number of benzene rings is 1. The van der Waals surface area contributed by atoms with E-state index in [9.17, 15) is 0 Å². The minimum absolute atomic E-state index is 0.590. The quantitative estimate of drug-likeness (QED) is 0.874. The van der Waals surface area contributed by atoms with Crippen LogP contribution >= 0.6 is 0 Å². The van der Waals surface area contributed by atoms with E-state index in [1.54, 1.807) is 11.0 Å². The molecule has 1 aromatic heterocycles. The highest BCUT2D eigenvalue weighted by atomic mass is 15.5. The van der Waals surface area contributed by atoms with E-state index in [4.69, 9.17) is 0 Å². The van der Waals surface area contributed by atoms with Gasteiger partial charge in [0, 0.05) is 6.04 Å². The van der Waals surface area contributed by atoms with Crippen LogP contribution in [-0.2, 0) is 0 Å². The highest BCUT2D eigenvalue weighted by Gasteiger charge is 2.16. The minimum Gasteiger partial charge on any atom is -0.381 e. The third kappa shape index (κ3) is 2.13. The van der Waals surface area contributed by atoms with Crippen LogP contribution in [0, 0.1) is 0 Å². The first-order chi connectivity index (χ1) is 8.43. The van der Waals surface area contributed by atoms with E-state index in [0.29, 0.717) is 6.04 Å². The van der Waals surface area contributed by atoms with E-state index in [-0.39, 0.29) is 0 Å². The fourth-order valence-electron chi connectivity index (χ4n) is 2.36. The Kier molecular flexibility index (Phi) is 2.73. The molecule has 0 radical (unpaired) electrons. The lowest BCUT2D eigenvalue weighted by atomic mass is 10.2. The predicted molar refractivity (Wildman–Crippen MR) is 65.0 cm³/mol. The molecule has 0 spiro atoms. The fourth-order valence-corrected chi connectivity index (χ4v) is 2.36. The van der Waals surface area contributed by atoms with Crippen LogP contribution in [0.5, 0.6) is 0 Å². The van der Waals surface area contributed by atoms with Gasteiger partial charge in [0.2, 0.25) is 0 Å². The monoisotopic (exact) mass is 229 g/mol. The summed E-state index contributed by atoms with van der Waals surface area (Å²) in [5.41, 5.74) is 2.11. The van der Waals surface area contributed by atoms with Crippen molar-refractivity contribution < 1.29 is 0 Å². The minimum atomic E-state index is 0.590. The molecule has 0 aliphatic heterocycles. The van der Waals surface area contributed by atoms with Crippen molar-refractivity contribution in [1.82, 2.24) is 20.2 Å². The van der Waals surface area contributed by atoms with Gasteiger partial charge in [-0.1, -0.05) is 25.0 Å². The van der Waals surface area contributed by atoms with Gasteiger partial charge in [-0.15, -0.1) is 5.10 Å². The van der Waals surface area contributed by atoms with E-state index in [1.165, 1.54) is 25.7 Å². The highest BCUT2D eigenvalue weighted by molar-refractivity contribution is 5.60. The second-order valence-corrected chi connectivity index (χ2v) is 4.40. The first-order valence-corrected chi connectivity index (χ1v) is 6.02. The molecule has 1 saturated carbocycles. The van der Waals surface area contributed by atoms with Crippen molar-refractivity contribution in [3.05, 3.63) is 30.6 Å². The standard InChI is InChI=1S/C12H15N5/c1-2-6-10(5-1)14-11-7-3-4-8-12(11)17-9-13-15-16-17/h3-4,7-10,14H,1-2,5-6H2. The Labute approximate surface area is 99.8 Å². The molecule has 1 heterocycles. The SMILES string of the molecule is c1ccc(-n2cnnn2)c(NC2CCCC2)c1. The van der Waals surface area contributed by atoms with Crippen molar-refractivity contribution in [3.63, 3.8) is 0 Å². The van der Waals surface area contributed by atoms with Gasteiger partial charge in [0.05, 0.1) is 11.4 Å². The van der Waals surface area contributed by atoms with Crippen LogP contribution in [0.2, 0.25) is 0 Å². The molecule has 5 nitrogen and oxygen atoms in total. The number of hydrogen-bond donors (Lipinski definition) is 1. The molecule has 1 N–H and O–H groups in total. The van der Waals surface area contributed by atoms with Gasteiger partial charge in [-0.25, -0.2) is 0 Å². The van der Waals surface area contributed by atoms with Crippen LogP contribution in [-0.4, -0.2) is 26.2 Å². The summed E-state index contributed by atoms with van der Waals surface area (Å²) in [5.74, 6) is 0. The predicted octanol–water partition coefficient (Wildman–Crippen LogP) is 2.02. The van der Waals surface area contributed by atoms with Gasteiger partial charge in [-0.05, 0) is 35.4 Å². The molecular formula is C12H15N5. The number of anilines is 1. The van der Waals surface area contributed by atoms with Gasteiger partial charge in [-0.3, -0.25) is 0 Å². The van der Waals surface area contributed by atoms with Crippen LogP contribution in [0.1, 0.15) is 25.7 Å². The van der Waals surface area contributed by atoms with E-state index < -0.39 is 0 Å². The molecule has 1 aliphatic rings. The molecule has 88 valence electrons. The van der Waals surface area contributed by atoms with E-state index in [0.717, 1.165) is 11.4 Å². The lowest BCUT2D eigenvalue weighted by Crippen LogP contribution is -2.16.